The molecule has 0 aromatic rings. The van der Waals surface area contributed by atoms with E-state index in [9.17, 15) is 9.59 Å². The molecule has 0 spiro atoms. The molecule has 0 aromatic carbocycles. The van der Waals surface area contributed by atoms with E-state index in [1.54, 1.807) is 19.0 Å². The van der Waals surface area contributed by atoms with E-state index in [-0.39, 0.29) is 17.9 Å². The van der Waals surface area contributed by atoms with Gasteiger partial charge in [0.2, 0.25) is 11.8 Å². The van der Waals surface area contributed by atoms with Gasteiger partial charge in [-0.15, -0.1) is 0 Å². The van der Waals surface area contributed by atoms with E-state index in [0.717, 1.165) is 13.0 Å². The first kappa shape index (κ1) is 12.0. The van der Waals surface area contributed by atoms with Crippen LogP contribution in [0.4, 0.5) is 0 Å². The molecule has 0 radical (unpaired) electrons. The average Bonchev–Trinajstić information content (AvgIpc) is 2.58. The summed E-state index contributed by atoms with van der Waals surface area (Å²) in [6.07, 6.45) is 2.03. The third-order valence-electron chi connectivity index (χ3n) is 2.49. The molecular formula is C10H19N3O2. The summed E-state index contributed by atoms with van der Waals surface area (Å²) >= 11 is 0. The fourth-order valence-electron chi connectivity index (χ4n) is 1.53. The Morgan fingerprint density at radius 1 is 1.60 bits per heavy atom. The van der Waals surface area contributed by atoms with Crippen molar-refractivity contribution in [2.75, 3.05) is 27.2 Å². The highest BCUT2D eigenvalue weighted by molar-refractivity contribution is 5.78. The second-order valence-corrected chi connectivity index (χ2v) is 4.05. The van der Waals surface area contributed by atoms with Crippen molar-refractivity contribution in [3.63, 3.8) is 0 Å². The van der Waals surface area contributed by atoms with Gasteiger partial charge in [0, 0.05) is 46.1 Å². The van der Waals surface area contributed by atoms with Crippen LogP contribution in [0.3, 0.4) is 0 Å². The van der Waals surface area contributed by atoms with Crippen molar-refractivity contribution in [1.29, 1.82) is 0 Å². The van der Waals surface area contributed by atoms with Crippen molar-refractivity contribution in [2.24, 2.45) is 0 Å². The minimum absolute atomic E-state index is 0.123. The topological polar surface area (TPSA) is 61.4 Å². The molecule has 5 heteroatoms. The Morgan fingerprint density at radius 3 is 2.87 bits per heavy atom. The van der Waals surface area contributed by atoms with Crippen LogP contribution in [-0.2, 0) is 9.59 Å². The van der Waals surface area contributed by atoms with Gasteiger partial charge in [0.05, 0.1) is 0 Å². The monoisotopic (exact) mass is 213 g/mol. The quantitative estimate of drug-likeness (QED) is 0.596. The molecule has 1 aliphatic heterocycles. The Kier molecular flexibility index (Phi) is 4.55. The highest BCUT2D eigenvalue weighted by Gasteiger charge is 2.19. The molecule has 1 aliphatic rings. The minimum Gasteiger partial charge on any atom is -0.352 e. The molecule has 1 rings (SSSR count). The molecule has 1 fully saturated rings. The standard InChI is InChI=1S/C10H19N3O2/c1-13(2)10(15)5-6-11-7-8-3-4-9(14)12-8/h8,11H,3-7H2,1-2H3,(H,12,14). The summed E-state index contributed by atoms with van der Waals surface area (Å²) in [5, 5.41) is 6.04. The molecule has 0 aliphatic carbocycles. The molecule has 2 N–H and O–H groups in total. The first-order chi connectivity index (χ1) is 7.09. The lowest BCUT2D eigenvalue weighted by Gasteiger charge is -2.13. The second-order valence-electron chi connectivity index (χ2n) is 4.05. The van der Waals surface area contributed by atoms with Gasteiger partial charge in [0.15, 0.2) is 0 Å². The molecule has 86 valence electrons. The Labute approximate surface area is 90.2 Å². The zero-order valence-electron chi connectivity index (χ0n) is 9.38. The van der Waals surface area contributed by atoms with Crippen LogP contribution in [0.2, 0.25) is 0 Å². The van der Waals surface area contributed by atoms with Gasteiger partial charge < -0.3 is 15.5 Å². The van der Waals surface area contributed by atoms with E-state index in [1.807, 2.05) is 0 Å². The number of nitrogens with zero attached hydrogens (tertiary/aromatic N) is 1. The van der Waals surface area contributed by atoms with Gasteiger partial charge in [0.1, 0.15) is 0 Å². The number of hydrogen-bond donors (Lipinski definition) is 2. The van der Waals surface area contributed by atoms with Gasteiger partial charge in [-0.3, -0.25) is 9.59 Å². The van der Waals surface area contributed by atoms with Crippen molar-refractivity contribution in [3.8, 4) is 0 Å². The number of hydrogen-bond acceptors (Lipinski definition) is 3. The van der Waals surface area contributed by atoms with E-state index in [2.05, 4.69) is 10.6 Å². The van der Waals surface area contributed by atoms with Gasteiger partial charge in [0.25, 0.3) is 0 Å². The molecular weight excluding hydrogens is 194 g/mol. The van der Waals surface area contributed by atoms with Crippen molar-refractivity contribution < 1.29 is 9.59 Å². The number of amides is 2. The fourth-order valence-corrected chi connectivity index (χ4v) is 1.53. The zero-order valence-corrected chi connectivity index (χ0v) is 9.38. The smallest absolute Gasteiger partial charge is 0.223 e. The molecule has 5 nitrogen and oxygen atoms in total. The highest BCUT2D eigenvalue weighted by atomic mass is 16.2. The van der Waals surface area contributed by atoms with E-state index in [1.165, 1.54) is 0 Å². The first-order valence-corrected chi connectivity index (χ1v) is 5.30. The van der Waals surface area contributed by atoms with Crippen molar-refractivity contribution in [1.82, 2.24) is 15.5 Å². The van der Waals surface area contributed by atoms with Crippen LogP contribution in [0, 0.1) is 0 Å². The third kappa shape index (κ3) is 4.29. The molecule has 1 heterocycles. The van der Waals surface area contributed by atoms with Crippen LogP contribution in [0.25, 0.3) is 0 Å². The molecule has 1 saturated heterocycles. The normalized spacial score (nSPS) is 20.1. The van der Waals surface area contributed by atoms with Crippen molar-refractivity contribution in [3.05, 3.63) is 0 Å². The molecule has 1 atom stereocenters. The van der Waals surface area contributed by atoms with E-state index in [4.69, 9.17) is 0 Å². The molecule has 0 bridgehead atoms. The molecule has 15 heavy (non-hydrogen) atoms. The van der Waals surface area contributed by atoms with Crippen LogP contribution in [0.15, 0.2) is 0 Å². The average molecular weight is 213 g/mol. The van der Waals surface area contributed by atoms with Gasteiger partial charge in [-0.05, 0) is 6.42 Å². The highest BCUT2D eigenvalue weighted by Crippen LogP contribution is 2.04. The van der Waals surface area contributed by atoms with Gasteiger partial charge in [-0.1, -0.05) is 0 Å². The second kappa shape index (κ2) is 5.70. The maximum Gasteiger partial charge on any atom is 0.223 e. The molecule has 0 aromatic heterocycles. The van der Waals surface area contributed by atoms with Crippen LogP contribution >= 0.6 is 0 Å². The van der Waals surface area contributed by atoms with Crippen LogP contribution < -0.4 is 10.6 Å². The maximum atomic E-state index is 11.2. The zero-order chi connectivity index (χ0) is 11.3. The maximum absolute atomic E-state index is 11.2. The lowest BCUT2D eigenvalue weighted by atomic mass is 10.2. The summed E-state index contributed by atoms with van der Waals surface area (Å²) in [6.45, 7) is 1.43. The summed E-state index contributed by atoms with van der Waals surface area (Å²) in [5.41, 5.74) is 0. The Hall–Kier alpha value is -1.10. The number of nitrogens with one attached hydrogen (secondary N) is 2. The predicted molar refractivity (Wildman–Crippen MR) is 57.3 cm³/mol. The van der Waals surface area contributed by atoms with Crippen molar-refractivity contribution in [2.45, 2.75) is 25.3 Å². The van der Waals surface area contributed by atoms with E-state index >= 15 is 0 Å². The van der Waals surface area contributed by atoms with Crippen LogP contribution in [-0.4, -0.2) is 49.9 Å². The number of carbonyl (C=O) groups excluding carboxylic acids is 2. The number of carbonyl (C=O) groups is 2. The van der Waals surface area contributed by atoms with Gasteiger partial charge in [-0.25, -0.2) is 0 Å². The lowest BCUT2D eigenvalue weighted by Crippen LogP contribution is -2.37. The minimum atomic E-state index is 0.123. The largest absolute Gasteiger partial charge is 0.352 e. The molecule has 0 saturated carbocycles. The summed E-state index contributed by atoms with van der Waals surface area (Å²) in [6, 6.07) is 0.243. The number of rotatable bonds is 5. The Morgan fingerprint density at radius 2 is 2.33 bits per heavy atom. The SMILES string of the molecule is CN(C)C(=O)CCNCC1CCC(=O)N1. The third-order valence-corrected chi connectivity index (χ3v) is 2.49. The lowest BCUT2D eigenvalue weighted by molar-refractivity contribution is -0.128. The van der Waals surface area contributed by atoms with E-state index in [0.29, 0.717) is 19.4 Å². The molecule has 1 unspecified atom stereocenters. The summed E-state index contributed by atoms with van der Waals surface area (Å²) in [5.74, 6) is 0.254. The van der Waals surface area contributed by atoms with Gasteiger partial charge in [-0.2, -0.15) is 0 Å². The first-order valence-electron chi connectivity index (χ1n) is 5.30. The van der Waals surface area contributed by atoms with Gasteiger partial charge >= 0.3 is 0 Å². The fraction of sp³-hybridized carbons (Fsp3) is 0.800. The Bertz CT molecular complexity index is 241. The summed E-state index contributed by atoms with van der Waals surface area (Å²) in [7, 11) is 3.50. The van der Waals surface area contributed by atoms with E-state index < -0.39 is 0 Å². The summed E-state index contributed by atoms with van der Waals surface area (Å²) < 4.78 is 0. The van der Waals surface area contributed by atoms with Crippen LogP contribution in [0.1, 0.15) is 19.3 Å². The van der Waals surface area contributed by atoms with Crippen LogP contribution in [0.5, 0.6) is 0 Å². The van der Waals surface area contributed by atoms with Crippen molar-refractivity contribution >= 4 is 11.8 Å². The Balaban J connectivity index is 2.02. The summed E-state index contributed by atoms with van der Waals surface area (Å²) in [4.78, 5) is 23.7. The molecule has 2 amide bonds. The predicted octanol–water partition coefficient (Wildman–Crippen LogP) is -0.667.